The normalized spacial score (nSPS) is 20.2. The molecule has 1 aliphatic rings. The van der Waals surface area contributed by atoms with Crippen LogP contribution in [0.25, 0.3) is 0 Å². The number of hydrazine groups is 1. The van der Waals surface area contributed by atoms with Gasteiger partial charge in [-0.25, -0.2) is 10.8 Å². The predicted molar refractivity (Wildman–Crippen MR) is 59.6 cm³/mol. The molecule has 0 bridgehead atoms. The highest BCUT2D eigenvalue weighted by Crippen LogP contribution is 2.19. The fourth-order valence-electron chi connectivity index (χ4n) is 1.66. The summed E-state index contributed by atoms with van der Waals surface area (Å²) in [7, 11) is 0. The van der Waals surface area contributed by atoms with E-state index in [9.17, 15) is 0 Å². The first-order valence-corrected chi connectivity index (χ1v) is 5.02. The van der Waals surface area contributed by atoms with Gasteiger partial charge in [0.15, 0.2) is 6.10 Å². The molecule has 0 radical (unpaired) electrons. The number of morpholine rings is 1. The highest BCUT2D eigenvalue weighted by molar-refractivity contribution is 5.53. The van der Waals surface area contributed by atoms with E-state index in [0.29, 0.717) is 19.0 Å². The lowest BCUT2D eigenvalue weighted by molar-refractivity contribution is 0.0764. The fourth-order valence-corrected chi connectivity index (χ4v) is 1.66. The summed E-state index contributed by atoms with van der Waals surface area (Å²) in [5, 5.41) is 8.81. The van der Waals surface area contributed by atoms with Gasteiger partial charge in [-0.15, -0.1) is 0 Å². The summed E-state index contributed by atoms with van der Waals surface area (Å²) >= 11 is 0. The van der Waals surface area contributed by atoms with Gasteiger partial charge in [0.1, 0.15) is 5.82 Å². The number of nitrogens with two attached hydrogens (primary N) is 1. The van der Waals surface area contributed by atoms with Gasteiger partial charge in [0.25, 0.3) is 0 Å². The lowest BCUT2D eigenvalue weighted by Crippen LogP contribution is -2.41. The number of hydrogen-bond donors (Lipinski definition) is 2. The molecule has 16 heavy (non-hydrogen) atoms. The Balaban J connectivity index is 2.14. The minimum absolute atomic E-state index is 0.365. The number of pyridine rings is 1. The van der Waals surface area contributed by atoms with Crippen molar-refractivity contribution in [2.24, 2.45) is 5.84 Å². The van der Waals surface area contributed by atoms with Crippen LogP contribution >= 0.6 is 0 Å². The van der Waals surface area contributed by atoms with Crippen LogP contribution in [0.5, 0.6) is 0 Å². The molecule has 2 rings (SSSR count). The third kappa shape index (κ3) is 2.21. The first-order chi connectivity index (χ1) is 7.83. The maximum absolute atomic E-state index is 8.81. The summed E-state index contributed by atoms with van der Waals surface area (Å²) in [6.45, 7) is 1.91. The summed E-state index contributed by atoms with van der Waals surface area (Å²) in [6, 6.07) is 5.85. The Morgan fingerprint density at radius 1 is 1.69 bits per heavy atom. The Labute approximate surface area is 93.6 Å². The average molecular weight is 219 g/mol. The van der Waals surface area contributed by atoms with Crippen molar-refractivity contribution in [3.63, 3.8) is 0 Å². The van der Waals surface area contributed by atoms with Gasteiger partial charge in [-0.3, -0.25) is 0 Å². The molecule has 1 aromatic heterocycles. The van der Waals surface area contributed by atoms with E-state index < -0.39 is 0 Å². The minimum Gasteiger partial charge on any atom is -0.365 e. The number of nitrogens with one attached hydrogen (secondary N) is 1. The number of hydrogen-bond acceptors (Lipinski definition) is 6. The zero-order valence-electron chi connectivity index (χ0n) is 8.76. The van der Waals surface area contributed by atoms with Crippen LogP contribution in [0.15, 0.2) is 18.3 Å². The van der Waals surface area contributed by atoms with Crippen molar-refractivity contribution in [2.75, 3.05) is 30.0 Å². The van der Waals surface area contributed by atoms with Crippen LogP contribution < -0.4 is 16.2 Å². The van der Waals surface area contributed by atoms with Gasteiger partial charge in [-0.05, 0) is 6.07 Å². The molecule has 3 N–H and O–H groups in total. The lowest BCUT2D eigenvalue weighted by Gasteiger charge is -2.31. The van der Waals surface area contributed by atoms with Gasteiger partial charge in [0.2, 0.25) is 0 Å². The number of ether oxygens (including phenoxy) is 1. The van der Waals surface area contributed by atoms with Gasteiger partial charge in [-0.2, -0.15) is 5.26 Å². The predicted octanol–water partition coefficient (Wildman–Crippen LogP) is 0.0960. The highest BCUT2D eigenvalue weighted by Gasteiger charge is 2.20. The first kappa shape index (κ1) is 10.7. The molecule has 1 aromatic rings. The van der Waals surface area contributed by atoms with Crippen LogP contribution in [0.2, 0.25) is 0 Å². The van der Waals surface area contributed by atoms with E-state index in [1.54, 1.807) is 6.20 Å². The maximum Gasteiger partial charge on any atom is 0.161 e. The summed E-state index contributed by atoms with van der Waals surface area (Å²) in [5.41, 5.74) is 3.49. The van der Waals surface area contributed by atoms with Crippen LogP contribution in [0.3, 0.4) is 0 Å². The largest absolute Gasteiger partial charge is 0.365 e. The van der Waals surface area contributed by atoms with Crippen LogP contribution in [0.4, 0.5) is 11.5 Å². The Morgan fingerprint density at radius 2 is 2.56 bits per heavy atom. The molecule has 1 unspecified atom stereocenters. The van der Waals surface area contributed by atoms with E-state index >= 15 is 0 Å². The number of nitrogens with zero attached hydrogens (tertiary/aromatic N) is 3. The van der Waals surface area contributed by atoms with E-state index in [2.05, 4.69) is 21.4 Å². The number of nitrogen functional groups attached to an aromatic ring is 1. The average Bonchev–Trinajstić information content (AvgIpc) is 2.39. The number of anilines is 2. The van der Waals surface area contributed by atoms with Gasteiger partial charge >= 0.3 is 0 Å². The summed E-state index contributed by atoms with van der Waals surface area (Å²) in [6.07, 6.45) is 1.32. The molecule has 0 amide bonds. The first-order valence-electron chi connectivity index (χ1n) is 5.02. The molecule has 0 spiro atoms. The number of rotatable bonds is 2. The maximum atomic E-state index is 8.81. The Morgan fingerprint density at radius 3 is 3.31 bits per heavy atom. The molecule has 1 fully saturated rings. The SMILES string of the molecule is N#CC1CN(c2ccnc(NN)c2)CCO1. The third-order valence-corrected chi connectivity index (χ3v) is 2.47. The minimum atomic E-state index is -0.365. The van der Waals surface area contributed by atoms with Gasteiger partial charge in [0, 0.05) is 24.5 Å². The van der Waals surface area contributed by atoms with E-state index in [-0.39, 0.29) is 6.10 Å². The molecular formula is C10H13N5O. The van der Waals surface area contributed by atoms with Crippen molar-refractivity contribution in [3.05, 3.63) is 18.3 Å². The van der Waals surface area contributed by atoms with Crippen LogP contribution in [0.1, 0.15) is 0 Å². The van der Waals surface area contributed by atoms with Crippen LogP contribution in [0, 0.1) is 11.3 Å². The molecule has 0 aromatic carbocycles. The van der Waals surface area contributed by atoms with Crippen molar-refractivity contribution in [1.82, 2.24) is 4.98 Å². The summed E-state index contributed by atoms with van der Waals surface area (Å²) in [4.78, 5) is 6.12. The van der Waals surface area contributed by atoms with E-state index in [0.717, 1.165) is 12.2 Å². The Bertz CT molecular complexity index is 402. The standard InChI is InChI=1S/C10H13N5O/c11-6-9-7-15(3-4-16-9)8-1-2-13-10(5-8)14-12/h1-2,5,9H,3-4,7,12H2,(H,13,14). The molecular weight excluding hydrogens is 206 g/mol. The molecule has 1 saturated heterocycles. The van der Waals surface area contributed by atoms with E-state index in [1.165, 1.54) is 0 Å². The molecule has 6 heteroatoms. The third-order valence-electron chi connectivity index (χ3n) is 2.47. The fraction of sp³-hybridized carbons (Fsp3) is 0.400. The second-order valence-electron chi connectivity index (χ2n) is 3.48. The molecule has 6 nitrogen and oxygen atoms in total. The quantitative estimate of drug-likeness (QED) is 0.541. The van der Waals surface area contributed by atoms with Crippen molar-refractivity contribution in [3.8, 4) is 6.07 Å². The van der Waals surface area contributed by atoms with E-state index in [1.807, 2.05) is 12.1 Å². The molecule has 1 aliphatic heterocycles. The van der Waals surface area contributed by atoms with Gasteiger partial charge < -0.3 is 15.1 Å². The van der Waals surface area contributed by atoms with Crippen molar-refractivity contribution in [2.45, 2.75) is 6.10 Å². The smallest absolute Gasteiger partial charge is 0.161 e. The zero-order valence-corrected chi connectivity index (χ0v) is 8.76. The van der Waals surface area contributed by atoms with E-state index in [4.69, 9.17) is 15.8 Å². The second-order valence-corrected chi connectivity index (χ2v) is 3.48. The van der Waals surface area contributed by atoms with Crippen molar-refractivity contribution >= 4 is 11.5 Å². The molecule has 1 atom stereocenters. The van der Waals surface area contributed by atoms with Gasteiger partial charge in [0.05, 0.1) is 19.2 Å². The monoisotopic (exact) mass is 219 g/mol. The summed E-state index contributed by atoms with van der Waals surface area (Å²) < 4.78 is 5.28. The highest BCUT2D eigenvalue weighted by atomic mass is 16.5. The second kappa shape index (κ2) is 4.79. The number of aromatic nitrogens is 1. The molecule has 0 aliphatic carbocycles. The Hall–Kier alpha value is -1.84. The van der Waals surface area contributed by atoms with Crippen molar-refractivity contribution < 1.29 is 4.74 Å². The Kier molecular flexibility index (Phi) is 3.19. The van der Waals surface area contributed by atoms with Gasteiger partial charge in [-0.1, -0.05) is 0 Å². The van der Waals surface area contributed by atoms with Crippen molar-refractivity contribution in [1.29, 1.82) is 5.26 Å². The van der Waals surface area contributed by atoms with Crippen LogP contribution in [-0.2, 0) is 4.74 Å². The topological polar surface area (TPSA) is 87.2 Å². The van der Waals surface area contributed by atoms with Crippen LogP contribution in [-0.4, -0.2) is 30.8 Å². The zero-order chi connectivity index (χ0) is 11.4. The molecule has 84 valence electrons. The molecule has 2 heterocycles. The summed E-state index contributed by atoms with van der Waals surface area (Å²) in [5.74, 6) is 5.90. The number of nitriles is 1. The molecule has 0 saturated carbocycles. The lowest BCUT2D eigenvalue weighted by atomic mass is 10.2.